The standard InChI is InChI=1S/C10H7N3/c1-3-9(11-6-1)4-5-10-12-7-2-8-13-10/h1-3,6-8,11H. The van der Waals surface area contributed by atoms with Gasteiger partial charge in [-0.2, -0.15) is 0 Å². The number of nitrogens with zero attached hydrogens (tertiary/aromatic N) is 2. The second kappa shape index (κ2) is 3.55. The molecule has 2 rings (SSSR count). The van der Waals surface area contributed by atoms with E-state index in [-0.39, 0.29) is 0 Å². The predicted octanol–water partition coefficient (Wildman–Crippen LogP) is 1.20. The zero-order chi connectivity index (χ0) is 8.93. The topological polar surface area (TPSA) is 41.6 Å². The Kier molecular flexibility index (Phi) is 2.06. The van der Waals surface area contributed by atoms with Gasteiger partial charge in [-0.3, -0.25) is 0 Å². The van der Waals surface area contributed by atoms with Crippen molar-refractivity contribution in [2.24, 2.45) is 0 Å². The number of aromatic nitrogens is 3. The first-order valence-electron chi connectivity index (χ1n) is 3.87. The van der Waals surface area contributed by atoms with Gasteiger partial charge in [-0.25, -0.2) is 9.97 Å². The molecule has 0 amide bonds. The minimum atomic E-state index is 0.539. The Morgan fingerprint density at radius 1 is 1.08 bits per heavy atom. The second-order valence-electron chi connectivity index (χ2n) is 2.41. The quantitative estimate of drug-likeness (QED) is 0.602. The SMILES string of the molecule is C(#Cc1ccc[nH]1)c1ncccn1. The minimum Gasteiger partial charge on any atom is -0.355 e. The van der Waals surface area contributed by atoms with E-state index in [9.17, 15) is 0 Å². The Labute approximate surface area is 75.9 Å². The van der Waals surface area contributed by atoms with Gasteiger partial charge in [-0.05, 0) is 30.0 Å². The highest BCUT2D eigenvalue weighted by Gasteiger charge is 1.86. The highest BCUT2D eigenvalue weighted by Crippen LogP contribution is 1.91. The van der Waals surface area contributed by atoms with E-state index in [0.29, 0.717) is 5.82 Å². The molecule has 0 aromatic carbocycles. The molecule has 0 unspecified atom stereocenters. The molecule has 2 aromatic rings. The van der Waals surface area contributed by atoms with E-state index in [1.54, 1.807) is 18.5 Å². The van der Waals surface area contributed by atoms with E-state index < -0.39 is 0 Å². The fourth-order valence-corrected chi connectivity index (χ4v) is 0.895. The second-order valence-corrected chi connectivity index (χ2v) is 2.41. The van der Waals surface area contributed by atoms with Crippen LogP contribution < -0.4 is 0 Å². The molecular formula is C10H7N3. The summed E-state index contributed by atoms with van der Waals surface area (Å²) in [5.74, 6) is 6.29. The summed E-state index contributed by atoms with van der Waals surface area (Å²) < 4.78 is 0. The van der Waals surface area contributed by atoms with Crippen molar-refractivity contribution >= 4 is 0 Å². The average Bonchev–Trinajstić information content (AvgIpc) is 2.69. The van der Waals surface area contributed by atoms with Gasteiger partial charge in [0.25, 0.3) is 0 Å². The van der Waals surface area contributed by atoms with Crippen LogP contribution in [0.4, 0.5) is 0 Å². The molecule has 0 aliphatic carbocycles. The average molecular weight is 169 g/mol. The molecule has 0 saturated carbocycles. The summed E-state index contributed by atoms with van der Waals surface area (Å²) in [5, 5.41) is 0. The summed E-state index contributed by atoms with van der Waals surface area (Å²) in [7, 11) is 0. The Balaban J connectivity index is 2.23. The third-order valence-corrected chi connectivity index (χ3v) is 1.47. The van der Waals surface area contributed by atoms with Gasteiger partial charge < -0.3 is 4.98 Å². The van der Waals surface area contributed by atoms with Crippen LogP contribution >= 0.6 is 0 Å². The Hall–Kier alpha value is -2.08. The lowest BCUT2D eigenvalue weighted by Crippen LogP contribution is -1.84. The zero-order valence-electron chi connectivity index (χ0n) is 6.86. The molecule has 3 heteroatoms. The van der Waals surface area contributed by atoms with Gasteiger partial charge in [0, 0.05) is 18.6 Å². The highest BCUT2D eigenvalue weighted by atomic mass is 14.8. The molecule has 0 aliphatic heterocycles. The van der Waals surface area contributed by atoms with E-state index in [1.165, 1.54) is 0 Å². The van der Waals surface area contributed by atoms with Crippen LogP contribution in [-0.4, -0.2) is 15.0 Å². The van der Waals surface area contributed by atoms with E-state index in [1.807, 2.05) is 18.3 Å². The number of hydrogen-bond acceptors (Lipinski definition) is 2. The highest BCUT2D eigenvalue weighted by molar-refractivity contribution is 5.33. The van der Waals surface area contributed by atoms with Gasteiger partial charge in [-0.1, -0.05) is 0 Å². The van der Waals surface area contributed by atoms with Gasteiger partial charge in [0.1, 0.15) is 0 Å². The third kappa shape index (κ3) is 1.94. The largest absolute Gasteiger partial charge is 0.355 e. The summed E-state index contributed by atoms with van der Waals surface area (Å²) in [6, 6.07) is 5.56. The molecule has 2 heterocycles. The number of H-pyrrole nitrogens is 1. The summed E-state index contributed by atoms with van der Waals surface area (Å²) >= 11 is 0. The van der Waals surface area contributed by atoms with E-state index >= 15 is 0 Å². The van der Waals surface area contributed by atoms with Gasteiger partial charge in [0.2, 0.25) is 5.82 Å². The molecule has 0 bridgehead atoms. The molecule has 2 aromatic heterocycles. The van der Waals surface area contributed by atoms with E-state index in [0.717, 1.165) is 5.69 Å². The Morgan fingerprint density at radius 3 is 2.62 bits per heavy atom. The first kappa shape index (κ1) is 7.56. The molecule has 0 atom stereocenters. The van der Waals surface area contributed by atoms with Crippen LogP contribution in [0.25, 0.3) is 0 Å². The monoisotopic (exact) mass is 169 g/mol. The van der Waals surface area contributed by atoms with Crippen molar-refractivity contribution in [2.75, 3.05) is 0 Å². The number of rotatable bonds is 0. The van der Waals surface area contributed by atoms with Crippen LogP contribution in [-0.2, 0) is 0 Å². The molecule has 0 radical (unpaired) electrons. The predicted molar refractivity (Wildman–Crippen MR) is 48.8 cm³/mol. The van der Waals surface area contributed by atoms with Crippen LogP contribution in [0.15, 0.2) is 36.8 Å². The van der Waals surface area contributed by atoms with Crippen molar-refractivity contribution in [2.45, 2.75) is 0 Å². The fourth-order valence-electron chi connectivity index (χ4n) is 0.895. The van der Waals surface area contributed by atoms with Gasteiger partial charge in [-0.15, -0.1) is 0 Å². The molecule has 62 valence electrons. The maximum absolute atomic E-state index is 3.98. The fraction of sp³-hybridized carbons (Fsp3) is 0. The van der Waals surface area contributed by atoms with Crippen LogP contribution in [0.1, 0.15) is 11.5 Å². The van der Waals surface area contributed by atoms with E-state index in [2.05, 4.69) is 26.8 Å². The maximum atomic E-state index is 3.98. The van der Waals surface area contributed by atoms with Gasteiger partial charge in [0.05, 0.1) is 5.69 Å². The lowest BCUT2D eigenvalue weighted by Gasteiger charge is -1.84. The number of nitrogens with one attached hydrogen (secondary N) is 1. The van der Waals surface area contributed by atoms with Crippen LogP contribution in [0.5, 0.6) is 0 Å². The zero-order valence-corrected chi connectivity index (χ0v) is 6.86. The van der Waals surface area contributed by atoms with Gasteiger partial charge >= 0.3 is 0 Å². The minimum absolute atomic E-state index is 0.539. The summed E-state index contributed by atoms with van der Waals surface area (Å²) in [4.78, 5) is 10.9. The Bertz CT molecular complexity index is 420. The molecule has 1 N–H and O–H groups in total. The molecule has 0 saturated heterocycles. The molecule has 0 fully saturated rings. The van der Waals surface area contributed by atoms with Crippen LogP contribution in [0.3, 0.4) is 0 Å². The molecule has 0 aliphatic rings. The van der Waals surface area contributed by atoms with E-state index in [4.69, 9.17) is 0 Å². The lowest BCUT2D eigenvalue weighted by atomic mass is 10.4. The van der Waals surface area contributed by atoms with Crippen molar-refractivity contribution in [1.29, 1.82) is 0 Å². The molecule has 3 nitrogen and oxygen atoms in total. The summed E-state index contributed by atoms with van der Waals surface area (Å²) in [5.41, 5.74) is 0.868. The van der Waals surface area contributed by atoms with Gasteiger partial charge in [0.15, 0.2) is 0 Å². The number of hydrogen-bond donors (Lipinski definition) is 1. The first-order valence-corrected chi connectivity index (χ1v) is 3.87. The Morgan fingerprint density at radius 2 is 1.92 bits per heavy atom. The van der Waals surface area contributed by atoms with Crippen molar-refractivity contribution in [3.8, 4) is 11.8 Å². The molecule has 13 heavy (non-hydrogen) atoms. The normalized spacial score (nSPS) is 8.92. The summed E-state index contributed by atoms with van der Waals surface area (Å²) in [6.07, 6.45) is 5.17. The van der Waals surface area contributed by atoms with Crippen molar-refractivity contribution in [3.05, 3.63) is 48.3 Å². The van der Waals surface area contributed by atoms with Crippen molar-refractivity contribution < 1.29 is 0 Å². The van der Waals surface area contributed by atoms with Crippen molar-refractivity contribution in [1.82, 2.24) is 15.0 Å². The lowest BCUT2D eigenvalue weighted by molar-refractivity contribution is 1.13. The molecular weight excluding hydrogens is 162 g/mol. The summed E-state index contributed by atoms with van der Waals surface area (Å²) in [6.45, 7) is 0. The first-order chi connectivity index (χ1) is 6.45. The smallest absolute Gasteiger partial charge is 0.205 e. The van der Waals surface area contributed by atoms with Crippen molar-refractivity contribution in [3.63, 3.8) is 0 Å². The van der Waals surface area contributed by atoms with Crippen LogP contribution in [0.2, 0.25) is 0 Å². The van der Waals surface area contributed by atoms with Crippen LogP contribution in [0, 0.1) is 11.8 Å². The maximum Gasteiger partial charge on any atom is 0.205 e. The third-order valence-electron chi connectivity index (χ3n) is 1.47. The number of aromatic amines is 1. The molecule has 0 spiro atoms.